The van der Waals surface area contributed by atoms with Gasteiger partial charge in [-0.1, -0.05) is 6.07 Å². The maximum atomic E-state index is 4.50. The number of nitrogens with one attached hydrogen (secondary N) is 1. The molecule has 4 rings (SSSR count). The topological polar surface area (TPSA) is 58.9 Å². The SMILES string of the molecule is c1ccc(-c2cc3nc4cccnc4n3[nH]2)nc1. The van der Waals surface area contributed by atoms with Crippen molar-refractivity contribution in [1.82, 2.24) is 24.6 Å². The van der Waals surface area contributed by atoms with E-state index in [9.17, 15) is 0 Å². The second-order valence-corrected chi connectivity index (χ2v) is 4.04. The fraction of sp³-hybridized carbons (Fsp3) is 0. The van der Waals surface area contributed by atoms with E-state index >= 15 is 0 Å². The normalized spacial score (nSPS) is 11.3. The highest BCUT2D eigenvalue weighted by Crippen LogP contribution is 2.20. The molecule has 0 spiro atoms. The highest BCUT2D eigenvalue weighted by Gasteiger charge is 2.09. The lowest BCUT2D eigenvalue weighted by Crippen LogP contribution is -1.88. The lowest BCUT2D eigenvalue weighted by atomic mass is 10.3. The van der Waals surface area contributed by atoms with Crippen LogP contribution in [0.2, 0.25) is 0 Å². The van der Waals surface area contributed by atoms with Gasteiger partial charge in [-0.3, -0.25) is 10.1 Å². The summed E-state index contributed by atoms with van der Waals surface area (Å²) in [7, 11) is 0. The molecule has 0 aliphatic rings. The minimum absolute atomic E-state index is 0.828. The minimum atomic E-state index is 0.828. The van der Waals surface area contributed by atoms with Gasteiger partial charge in [0.1, 0.15) is 5.52 Å². The monoisotopic (exact) mass is 235 g/mol. The van der Waals surface area contributed by atoms with Crippen LogP contribution >= 0.6 is 0 Å². The summed E-state index contributed by atoms with van der Waals surface area (Å²) in [4.78, 5) is 13.1. The maximum absolute atomic E-state index is 4.50. The molecule has 0 saturated heterocycles. The average Bonchev–Trinajstić information content (AvgIpc) is 2.97. The van der Waals surface area contributed by atoms with Crippen LogP contribution in [0, 0.1) is 0 Å². The van der Waals surface area contributed by atoms with E-state index in [0.29, 0.717) is 0 Å². The molecule has 86 valence electrons. The van der Waals surface area contributed by atoms with Gasteiger partial charge in [-0.2, -0.15) is 0 Å². The molecule has 0 bridgehead atoms. The fourth-order valence-electron chi connectivity index (χ4n) is 2.07. The van der Waals surface area contributed by atoms with E-state index in [4.69, 9.17) is 0 Å². The molecule has 0 unspecified atom stereocenters. The second kappa shape index (κ2) is 3.40. The van der Waals surface area contributed by atoms with Gasteiger partial charge in [0.15, 0.2) is 11.3 Å². The molecule has 0 radical (unpaired) electrons. The van der Waals surface area contributed by atoms with Gasteiger partial charge in [-0.25, -0.2) is 14.5 Å². The molecule has 0 aliphatic carbocycles. The summed E-state index contributed by atoms with van der Waals surface area (Å²) >= 11 is 0. The van der Waals surface area contributed by atoms with Crippen LogP contribution in [0.1, 0.15) is 0 Å². The molecule has 0 saturated carbocycles. The molecule has 5 heteroatoms. The van der Waals surface area contributed by atoms with Crippen LogP contribution < -0.4 is 0 Å². The first-order valence-corrected chi connectivity index (χ1v) is 5.65. The van der Waals surface area contributed by atoms with Crippen LogP contribution in [-0.2, 0) is 0 Å². The van der Waals surface area contributed by atoms with Crippen molar-refractivity contribution in [3.05, 3.63) is 48.8 Å². The number of aromatic nitrogens is 5. The van der Waals surface area contributed by atoms with Gasteiger partial charge >= 0.3 is 0 Å². The fourth-order valence-corrected chi connectivity index (χ4v) is 2.07. The van der Waals surface area contributed by atoms with Crippen LogP contribution in [0.15, 0.2) is 48.8 Å². The van der Waals surface area contributed by atoms with Crippen molar-refractivity contribution in [3.8, 4) is 11.4 Å². The highest BCUT2D eigenvalue weighted by atomic mass is 15.3. The van der Waals surface area contributed by atoms with Gasteiger partial charge in [0.2, 0.25) is 0 Å². The standard InChI is InChI=1S/C13H9N5/c1-2-6-14-9(4-1)11-8-12-16-10-5-3-7-15-13(10)18(12)17-11/h1-8,17H. The van der Waals surface area contributed by atoms with E-state index in [-0.39, 0.29) is 0 Å². The number of nitrogens with zero attached hydrogens (tertiary/aromatic N) is 4. The zero-order chi connectivity index (χ0) is 11.9. The summed E-state index contributed by atoms with van der Waals surface area (Å²) < 4.78 is 1.87. The Morgan fingerprint density at radius 3 is 2.83 bits per heavy atom. The summed E-state index contributed by atoms with van der Waals surface area (Å²) in [6.07, 6.45) is 3.53. The molecular weight excluding hydrogens is 226 g/mol. The van der Waals surface area contributed by atoms with Crippen molar-refractivity contribution in [2.75, 3.05) is 0 Å². The second-order valence-electron chi connectivity index (χ2n) is 4.04. The molecule has 0 atom stereocenters. The Morgan fingerprint density at radius 1 is 1.00 bits per heavy atom. The third kappa shape index (κ3) is 1.24. The Labute approximate surface area is 102 Å². The van der Waals surface area contributed by atoms with Crippen LogP contribution in [0.5, 0.6) is 0 Å². The minimum Gasteiger partial charge on any atom is -0.289 e. The number of rotatable bonds is 1. The number of hydrogen-bond acceptors (Lipinski definition) is 3. The Kier molecular flexibility index (Phi) is 1.77. The summed E-state index contributed by atoms with van der Waals surface area (Å²) in [5.74, 6) is 0. The first-order valence-electron chi connectivity index (χ1n) is 5.65. The van der Waals surface area contributed by atoms with E-state index in [0.717, 1.165) is 28.2 Å². The first-order chi connectivity index (χ1) is 8.92. The van der Waals surface area contributed by atoms with E-state index in [1.165, 1.54) is 0 Å². The lowest BCUT2D eigenvalue weighted by Gasteiger charge is -1.94. The number of H-pyrrole nitrogens is 1. The third-order valence-corrected chi connectivity index (χ3v) is 2.89. The number of aromatic amines is 1. The predicted octanol–water partition coefficient (Wildman–Crippen LogP) is 2.27. The Balaban J connectivity index is 2.00. The quantitative estimate of drug-likeness (QED) is 0.550. The lowest BCUT2D eigenvalue weighted by molar-refractivity contribution is 0.989. The molecule has 1 N–H and O–H groups in total. The molecule has 0 aliphatic heterocycles. The van der Waals surface area contributed by atoms with Crippen molar-refractivity contribution < 1.29 is 0 Å². The van der Waals surface area contributed by atoms with E-state index in [1.807, 2.05) is 40.9 Å². The van der Waals surface area contributed by atoms with Gasteiger partial charge in [-0.15, -0.1) is 0 Å². The van der Waals surface area contributed by atoms with Crippen LogP contribution in [-0.4, -0.2) is 24.6 Å². The zero-order valence-corrected chi connectivity index (χ0v) is 9.41. The molecule has 0 fully saturated rings. The molecule has 4 aromatic rings. The molecule has 18 heavy (non-hydrogen) atoms. The third-order valence-electron chi connectivity index (χ3n) is 2.89. The maximum Gasteiger partial charge on any atom is 0.179 e. The Hall–Kier alpha value is -2.69. The smallest absolute Gasteiger partial charge is 0.179 e. The molecule has 4 heterocycles. The zero-order valence-electron chi connectivity index (χ0n) is 9.41. The van der Waals surface area contributed by atoms with Crippen molar-refractivity contribution in [1.29, 1.82) is 0 Å². The van der Waals surface area contributed by atoms with Crippen LogP contribution in [0.4, 0.5) is 0 Å². The number of fused-ring (bicyclic) bond motifs is 3. The van der Waals surface area contributed by atoms with Gasteiger partial charge in [0.05, 0.1) is 11.4 Å². The van der Waals surface area contributed by atoms with Gasteiger partial charge < -0.3 is 0 Å². The first kappa shape index (κ1) is 9.35. The van der Waals surface area contributed by atoms with E-state index in [1.54, 1.807) is 12.4 Å². The number of imidazole rings is 1. The van der Waals surface area contributed by atoms with Gasteiger partial charge in [-0.05, 0) is 24.3 Å². The Bertz CT molecular complexity index is 828. The molecule has 0 aromatic carbocycles. The largest absolute Gasteiger partial charge is 0.289 e. The highest BCUT2D eigenvalue weighted by molar-refractivity contribution is 5.77. The molecular formula is C13H9N5. The number of hydrogen-bond donors (Lipinski definition) is 1. The molecule has 5 nitrogen and oxygen atoms in total. The van der Waals surface area contributed by atoms with E-state index < -0.39 is 0 Å². The predicted molar refractivity (Wildman–Crippen MR) is 68.1 cm³/mol. The summed E-state index contributed by atoms with van der Waals surface area (Å²) in [6, 6.07) is 11.6. The van der Waals surface area contributed by atoms with Crippen molar-refractivity contribution in [2.45, 2.75) is 0 Å². The van der Waals surface area contributed by atoms with Crippen molar-refractivity contribution in [3.63, 3.8) is 0 Å². The Morgan fingerprint density at radius 2 is 1.94 bits per heavy atom. The number of pyridine rings is 2. The van der Waals surface area contributed by atoms with Crippen LogP contribution in [0.25, 0.3) is 28.2 Å². The van der Waals surface area contributed by atoms with Crippen molar-refractivity contribution >= 4 is 16.8 Å². The van der Waals surface area contributed by atoms with Gasteiger partial charge in [0, 0.05) is 18.5 Å². The van der Waals surface area contributed by atoms with E-state index in [2.05, 4.69) is 20.1 Å². The summed E-state index contributed by atoms with van der Waals surface area (Å²) in [6.45, 7) is 0. The van der Waals surface area contributed by atoms with Crippen LogP contribution in [0.3, 0.4) is 0 Å². The summed E-state index contributed by atoms with van der Waals surface area (Å²) in [5.41, 5.74) is 4.40. The van der Waals surface area contributed by atoms with Gasteiger partial charge in [0.25, 0.3) is 0 Å². The van der Waals surface area contributed by atoms with Crippen molar-refractivity contribution in [2.24, 2.45) is 0 Å². The molecule has 4 aromatic heterocycles. The summed E-state index contributed by atoms with van der Waals surface area (Å²) in [5, 5.41) is 3.26. The average molecular weight is 235 g/mol. The molecule has 0 amide bonds.